The Morgan fingerprint density at radius 3 is 2.58 bits per heavy atom. The Morgan fingerprint density at radius 1 is 1.21 bits per heavy atom. The molecule has 0 atom stereocenters. The van der Waals surface area contributed by atoms with Crippen LogP contribution in [0.1, 0.15) is 13.8 Å². The number of sulfone groups is 1. The van der Waals surface area contributed by atoms with Crippen molar-refractivity contribution in [3.8, 4) is 11.5 Å². The zero-order valence-corrected chi connectivity index (χ0v) is 12.0. The third-order valence-corrected chi connectivity index (χ3v) is 4.51. The molecule has 1 aliphatic rings. The SMILES string of the molecule is CC(C)NCCS(=O)(=O)c1ccc2c(c1)OCCO2. The van der Waals surface area contributed by atoms with Gasteiger partial charge in [0.15, 0.2) is 21.3 Å². The van der Waals surface area contributed by atoms with E-state index in [1.54, 1.807) is 18.2 Å². The summed E-state index contributed by atoms with van der Waals surface area (Å²) >= 11 is 0. The zero-order valence-electron chi connectivity index (χ0n) is 11.2. The number of hydrogen-bond acceptors (Lipinski definition) is 5. The van der Waals surface area contributed by atoms with Gasteiger partial charge in [0.2, 0.25) is 0 Å². The van der Waals surface area contributed by atoms with E-state index >= 15 is 0 Å². The molecule has 1 N–H and O–H groups in total. The molecule has 19 heavy (non-hydrogen) atoms. The Morgan fingerprint density at radius 2 is 1.89 bits per heavy atom. The summed E-state index contributed by atoms with van der Waals surface area (Å²) in [4.78, 5) is 0.280. The van der Waals surface area contributed by atoms with Crippen LogP contribution in [0, 0.1) is 0 Å². The van der Waals surface area contributed by atoms with Crippen molar-refractivity contribution < 1.29 is 17.9 Å². The molecule has 0 amide bonds. The number of fused-ring (bicyclic) bond motifs is 1. The summed E-state index contributed by atoms with van der Waals surface area (Å²) in [5.74, 6) is 1.18. The van der Waals surface area contributed by atoms with Crippen LogP contribution in [0.3, 0.4) is 0 Å². The molecule has 5 nitrogen and oxygen atoms in total. The van der Waals surface area contributed by atoms with Crippen LogP contribution < -0.4 is 14.8 Å². The smallest absolute Gasteiger partial charge is 0.179 e. The standard InChI is InChI=1S/C13H19NO4S/c1-10(2)14-5-8-19(15,16)11-3-4-12-13(9-11)18-7-6-17-12/h3-4,9-10,14H,5-8H2,1-2H3. The van der Waals surface area contributed by atoms with Crippen LogP contribution in [0.15, 0.2) is 23.1 Å². The number of benzene rings is 1. The van der Waals surface area contributed by atoms with Gasteiger partial charge in [-0.1, -0.05) is 13.8 Å². The normalized spacial score (nSPS) is 14.7. The van der Waals surface area contributed by atoms with Crippen molar-refractivity contribution in [1.29, 1.82) is 0 Å². The third kappa shape index (κ3) is 3.61. The first-order chi connectivity index (χ1) is 8.99. The highest BCUT2D eigenvalue weighted by Gasteiger charge is 2.19. The van der Waals surface area contributed by atoms with E-state index in [-0.39, 0.29) is 16.7 Å². The number of nitrogens with one attached hydrogen (secondary N) is 1. The lowest BCUT2D eigenvalue weighted by molar-refractivity contribution is 0.171. The summed E-state index contributed by atoms with van der Waals surface area (Å²) < 4.78 is 35.1. The maximum atomic E-state index is 12.2. The van der Waals surface area contributed by atoms with E-state index in [4.69, 9.17) is 9.47 Å². The van der Waals surface area contributed by atoms with Gasteiger partial charge in [-0.3, -0.25) is 0 Å². The first-order valence-corrected chi connectivity index (χ1v) is 8.00. The fraction of sp³-hybridized carbons (Fsp3) is 0.538. The first kappa shape index (κ1) is 14.1. The van der Waals surface area contributed by atoms with E-state index in [1.807, 2.05) is 13.8 Å². The second-order valence-electron chi connectivity index (χ2n) is 4.73. The van der Waals surface area contributed by atoms with E-state index in [1.165, 1.54) is 0 Å². The summed E-state index contributed by atoms with van der Waals surface area (Å²) in [5.41, 5.74) is 0. The van der Waals surface area contributed by atoms with E-state index < -0.39 is 9.84 Å². The van der Waals surface area contributed by atoms with Crippen molar-refractivity contribution in [2.24, 2.45) is 0 Å². The molecule has 2 rings (SSSR count). The minimum Gasteiger partial charge on any atom is -0.486 e. The summed E-state index contributed by atoms with van der Waals surface area (Å²) in [6, 6.07) is 5.03. The Balaban J connectivity index is 2.12. The third-order valence-electron chi connectivity index (χ3n) is 2.80. The molecule has 6 heteroatoms. The summed E-state index contributed by atoms with van der Waals surface area (Å²) in [5, 5.41) is 3.10. The topological polar surface area (TPSA) is 64.6 Å². The van der Waals surface area contributed by atoms with Crippen molar-refractivity contribution in [3.05, 3.63) is 18.2 Å². The maximum absolute atomic E-state index is 12.2. The molecule has 0 fully saturated rings. The lowest BCUT2D eigenvalue weighted by atomic mass is 10.3. The molecule has 0 saturated heterocycles. The molecular formula is C13H19NO4S. The van der Waals surface area contributed by atoms with E-state index in [0.29, 0.717) is 31.3 Å². The van der Waals surface area contributed by atoms with Gasteiger partial charge in [0, 0.05) is 18.7 Å². The number of ether oxygens (including phenoxy) is 2. The predicted octanol–water partition coefficient (Wildman–Crippen LogP) is 1.23. The average molecular weight is 285 g/mol. The molecule has 0 spiro atoms. The largest absolute Gasteiger partial charge is 0.486 e. The molecule has 0 radical (unpaired) electrons. The Hall–Kier alpha value is -1.27. The molecule has 1 aromatic carbocycles. The van der Waals surface area contributed by atoms with E-state index in [0.717, 1.165) is 0 Å². The monoisotopic (exact) mass is 285 g/mol. The van der Waals surface area contributed by atoms with E-state index in [9.17, 15) is 8.42 Å². The molecule has 0 aromatic heterocycles. The molecular weight excluding hydrogens is 266 g/mol. The molecule has 1 heterocycles. The van der Waals surface area contributed by atoms with Gasteiger partial charge in [0.25, 0.3) is 0 Å². The molecule has 0 unspecified atom stereocenters. The Kier molecular flexibility index (Phi) is 4.31. The van der Waals surface area contributed by atoms with Gasteiger partial charge in [0.1, 0.15) is 13.2 Å². The van der Waals surface area contributed by atoms with Gasteiger partial charge in [-0.2, -0.15) is 0 Å². The number of rotatable bonds is 5. The Bertz CT molecular complexity index is 540. The second-order valence-corrected chi connectivity index (χ2v) is 6.84. The Labute approximate surface area is 113 Å². The average Bonchev–Trinajstić information content (AvgIpc) is 2.37. The van der Waals surface area contributed by atoms with Crippen molar-refractivity contribution in [1.82, 2.24) is 5.32 Å². The minimum atomic E-state index is -3.29. The van der Waals surface area contributed by atoms with Gasteiger partial charge < -0.3 is 14.8 Å². The van der Waals surface area contributed by atoms with Gasteiger partial charge in [-0.25, -0.2) is 8.42 Å². The van der Waals surface area contributed by atoms with Crippen molar-refractivity contribution in [3.63, 3.8) is 0 Å². The molecule has 1 aliphatic heterocycles. The van der Waals surface area contributed by atoms with Crippen LogP contribution in [0.2, 0.25) is 0 Å². The highest BCUT2D eigenvalue weighted by Crippen LogP contribution is 2.32. The molecule has 1 aromatic rings. The van der Waals surface area contributed by atoms with Gasteiger partial charge in [0.05, 0.1) is 10.6 Å². The highest BCUT2D eigenvalue weighted by molar-refractivity contribution is 7.91. The molecule has 0 aliphatic carbocycles. The minimum absolute atomic E-state index is 0.0742. The zero-order chi connectivity index (χ0) is 13.9. The number of hydrogen-bond donors (Lipinski definition) is 1. The van der Waals surface area contributed by atoms with E-state index in [2.05, 4.69) is 5.32 Å². The predicted molar refractivity (Wildman–Crippen MR) is 72.6 cm³/mol. The quantitative estimate of drug-likeness (QED) is 0.881. The molecule has 106 valence electrons. The second kappa shape index (κ2) is 5.79. The summed E-state index contributed by atoms with van der Waals surface area (Å²) in [6.07, 6.45) is 0. The first-order valence-electron chi connectivity index (χ1n) is 6.35. The van der Waals surface area contributed by atoms with Crippen LogP contribution in [0.5, 0.6) is 11.5 Å². The van der Waals surface area contributed by atoms with Crippen LogP contribution in [-0.2, 0) is 9.84 Å². The van der Waals surface area contributed by atoms with Crippen LogP contribution in [-0.4, -0.2) is 40.0 Å². The lowest BCUT2D eigenvalue weighted by Gasteiger charge is -2.19. The molecule has 0 saturated carbocycles. The molecule has 0 bridgehead atoms. The van der Waals surface area contributed by atoms with Gasteiger partial charge in [-0.05, 0) is 12.1 Å². The fourth-order valence-electron chi connectivity index (χ4n) is 1.82. The van der Waals surface area contributed by atoms with Crippen molar-refractivity contribution in [2.75, 3.05) is 25.5 Å². The van der Waals surface area contributed by atoms with Crippen LogP contribution in [0.4, 0.5) is 0 Å². The van der Waals surface area contributed by atoms with Crippen LogP contribution in [0.25, 0.3) is 0 Å². The maximum Gasteiger partial charge on any atom is 0.179 e. The van der Waals surface area contributed by atoms with Crippen molar-refractivity contribution >= 4 is 9.84 Å². The lowest BCUT2D eigenvalue weighted by Crippen LogP contribution is -2.28. The summed E-state index contributed by atoms with van der Waals surface area (Å²) in [7, 11) is -3.29. The van der Waals surface area contributed by atoms with Crippen molar-refractivity contribution in [2.45, 2.75) is 24.8 Å². The fourth-order valence-corrected chi connectivity index (χ4v) is 3.00. The van der Waals surface area contributed by atoms with Gasteiger partial charge in [-0.15, -0.1) is 0 Å². The highest BCUT2D eigenvalue weighted by atomic mass is 32.2. The summed E-state index contributed by atoms with van der Waals surface area (Å²) in [6.45, 7) is 5.35. The van der Waals surface area contributed by atoms with Gasteiger partial charge >= 0.3 is 0 Å². The van der Waals surface area contributed by atoms with Crippen LogP contribution >= 0.6 is 0 Å².